The van der Waals surface area contributed by atoms with E-state index in [1.807, 2.05) is 49.4 Å². The fourth-order valence-electron chi connectivity index (χ4n) is 3.11. The third-order valence-corrected chi connectivity index (χ3v) is 5.26. The van der Waals surface area contributed by atoms with Crippen LogP contribution in [0.5, 0.6) is 0 Å². The largest absolute Gasteiger partial charge is 0.404 e. The van der Waals surface area contributed by atoms with E-state index in [4.69, 9.17) is 11.5 Å². The Morgan fingerprint density at radius 1 is 1.18 bits per heavy atom. The highest BCUT2D eigenvalue weighted by Crippen LogP contribution is 2.21. The Balaban J connectivity index is 1.99. The number of anilines is 1. The van der Waals surface area contributed by atoms with Crippen LogP contribution in [0.3, 0.4) is 0 Å². The maximum atomic E-state index is 12.2. The second-order valence-corrected chi connectivity index (χ2v) is 8.22. The molecule has 0 atom stereocenters. The number of aryl methyl sites for hydroxylation is 1. The smallest absolute Gasteiger partial charge is 0.254 e. The lowest BCUT2D eigenvalue weighted by atomic mass is 10.1. The summed E-state index contributed by atoms with van der Waals surface area (Å²) in [4.78, 5) is 25.5. The molecule has 34 heavy (non-hydrogen) atoms. The molecule has 0 bridgehead atoms. The monoisotopic (exact) mass is 519 g/mol. The molecule has 174 valence electrons. The van der Waals surface area contributed by atoms with Crippen LogP contribution in [0.25, 0.3) is 11.3 Å². The molecule has 0 radical (unpaired) electrons. The highest BCUT2D eigenvalue weighted by molar-refractivity contribution is 9.10. The number of nitrogens with one attached hydrogen (secondary N) is 2. The van der Waals surface area contributed by atoms with E-state index >= 15 is 0 Å². The fourth-order valence-corrected chi connectivity index (χ4v) is 3.56. The number of carbonyl (C=O) groups excluding carboxylic acids is 1. The number of likely N-dealkylation sites (N-methyl/N-ethyl adjacent to an activating group) is 1. The number of nitrogens with two attached hydrogens (primary N) is 2. The van der Waals surface area contributed by atoms with Gasteiger partial charge in [-0.1, -0.05) is 34.1 Å². The zero-order valence-corrected chi connectivity index (χ0v) is 20.5. The van der Waals surface area contributed by atoms with E-state index in [0.29, 0.717) is 29.6 Å². The minimum absolute atomic E-state index is 0.258. The molecule has 0 saturated heterocycles. The number of amides is 1. The van der Waals surface area contributed by atoms with Crippen molar-refractivity contribution >= 4 is 44.8 Å². The van der Waals surface area contributed by atoms with Crippen LogP contribution in [0, 0.1) is 6.92 Å². The van der Waals surface area contributed by atoms with Gasteiger partial charge < -0.3 is 22.1 Å². The van der Waals surface area contributed by atoms with E-state index in [1.54, 1.807) is 24.4 Å². The average molecular weight is 520 g/mol. The van der Waals surface area contributed by atoms with Crippen LogP contribution in [0.2, 0.25) is 0 Å². The highest BCUT2D eigenvalue weighted by atomic mass is 79.9. The summed E-state index contributed by atoms with van der Waals surface area (Å²) in [5.74, 6) is 0.640. The minimum Gasteiger partial charge on any atom is -0.404 e. The lowest BCUT2D eigenvalue weighted by molar-refractivity contribution is -0.115. The zero-order valence-electron chi connectivity index (χ0n) is 18.9. The van der Waals surface area contributed by atoms with Crippen molar-refractivity contribution in [2.75, 3.05) is 12.4 Å². The lowest BCUT2D eigenvalue weighted by Crippen LogP contribution is -2.20. The molecule has 0 aliphatic rings. The van der Waals surface area contributed by atoms with Crippen molar-refractivity contribution in [3.8, 4) is 0 Å². The van der Waals surface area contributed by atoms with Crippen LogP contribution in [0.15, 0.2) is 82.5 Å². The maximum absolute atomic E-state index is 12.2. The van der Waals surface area contributed by atoms with Crippen LogP contribution in [-0.4, -0.2) is 28.8 Å². The Labute approximate surface area is 207 Å². The molecule has 0 fully saturated rings. The number of benzene rings is 1. The Hall–Kier alpha value is -3.98. The lowest BCUT2D eigenvalue weighted by Gasteiger charge is -2.13. The number of rotatable bonds is 8. The number of pyridine rings is 2. The maximum Gasteiger partial charge on any atom is 0.254 e. The first-order valence-electron chi connectivity index (χ1n) is 10.5. The van der Waals surface area contributed by atoms with Gasteiger partial charge in [0.05, 0.1) is 23.5 Å². The SMILES string of the molecule is CNC(=O)C(=CN)c1cc(/C(=C/C(N)=NCc2cccc(Br)c2)Nc2cccc(C)n2)ccn1. The van der Waals surface area contributed by atoms with Gasteiger partial charge in [0.1, 0.15) is 11.7 Å². The standard InChI is InChI=1S/C25H26BrN7O/c1-16-5-3-8-24(32-16)33-21(13-23(28)31-15-17-6-4-7-19(26)11-17)18-9-10-30-22(12-18)20(14-27)25(34)29-2/h3-14H,15,27H2,1-2H3,(H2,28,31)(H,29,34)(H,32,33)/b20-14?,21-13-. The predicted molar refractivity (Wildman–Crippen MR) is 141 cm³/mol. The number of aromatic nitrogens is 2. The quantitative estimate of drug-likeness (QED) is 0.204. The molecule has 2 heterocycles. The van der Waals surface area contributed by atoms with Crippen molar-refractivity contribution in [1.29, 1.82) is 0 Å². The second kappa shape index (κ2) is 11.8. The summed E-state index contributed by atoms with van der Waals surface area (Å²) in [6.45, 7) is 2.34. The van der Waals surface area contributed by atoms with E-state index in [0.717, 1.165) is 21.3 Å². The van der Waals surface area contributed by atoms with Crippen LogP contribution in [-0.2, 0) is 11.3 Å². The van der Waals surface area contributed by atoms with E-state index in [1.165, 1.54) is 13.2 Å². The van der Waals surface area contributed by atoms with Gasteiger partial charge in [-0.15, -0.1) is 0 Å². The molecule has 0 aliphatic carbocycles. The van der Waals surface area contributed by atoms with E-state index in [-0.39, 0.29) is 11.5 Å². The van der Waals surface area contributed by atoms with Crippen molar-refractivity contribution in [3.63, 3.8) is 0 Å². The first-order valence-corrected chi connectivity index (χ1v) is 11.3. The summed E-state index contributed by atoms with van der Waals surface area (Å²) in [5, 5.41) is 5.87. The average Bonchev–Trinajstić information content (AvgIpc) is 2.83. The van der Waals surface area contributed by atoms with E-state index in [9.17, 15) is 4.79 Å². The predicted octanol–water partition coefficient (Wildman–Crippen LogP) is 3.60. The third-order valence-electron chi connectivity index (χ3n) is 4.76. The number of carbonyl (C=O) groups is 1. The van der Waals surface area contributed by atoms with Gasteiger partial charge in [-0.2, -0.15) is 0 Å². The molecule has 6 N–H and O–H groups in total. The molecular weight excluding hydrogens is 494 g/mol. The molecule has 9 heteroatoms. The molecule has 0 unspecified atom stereocenters. The third kappa shape index (κ3) is 6.76. The number of hydrogen-bond acceptors (Lipinski definition) is 6. The van der Waals surface area contributed by atoms with Gasteiger partial charge in [0.15, 0.2) is 0 Å². The summed E-state index contributed by atoms with van der Waals surface area (Å²) in [7, 11) is 1.54. The van der Waals surface area contributed by atoms with Crippen molar-refractivity contribution in [2.24, 2.45) is 16.5 Å². The Morgan fingerprint density at radius 3 is 2.68 bits per heavy atom. The first-order chi connectivity index (χ1) is 16.4. The number of aliphatic imine (C=N–C) groups is 1. The highest BCUT2D eigenvalue weighted by Gasteiger charge is 2.14. The Morgan fingerprint density at radius 2 is 1.97 bits per heavy atom. The van der Waals surface area contributed by atoms with Crippen molar-refractivity contribution in [2.45, 2.75) is 13.5 Å². The molecule has 3 aromatic rings. The normalized spacial score (nSPS) is 12.4. The zero-order chi connectivity index (χ0) is 24.5. The van der Waals surface area contributed by atoms with E-state index in [2.05, 4.69) is 41.5 Å². The molecule has 0 aliphatic heterocycles. The van der Waals surface area contributed by atoms with Crippen LogP contribution >= 0.6 is 15.9 Å². The molecule has 1 aromatic carbocycles. The molecule has 0 spiro atoms. The van der Waals surface area contributed by atoms with E-state index < -0.39 is 0 Å². The summed E-state index contributed by atoms with van der Waals surface area (Å²) in [6, 6.07) is 17.1. The number of amidine groups is 1. The number of hydrogen-bond donors (Lipinski definition) is 4. The van der Waals surface area contributed by atoms with Gasteiger partial charge in [0.25, 0.3) is 5.91 Å². The second-order valence-electron chi connectivity index (χ2n) is 7.31. The molecule has 8 nitrogen and oxygen atoms in total. The van der Waals surface area contributed by atoms with Gasteiger partial charge in [0.2, 0.25) is 0 Å². The number of nitrogens with zero attached hydrogens (tertiary/aromatic N) is 3. The van der Waals surface area contributed by atoms with Crippen molar-refractivity contribution < 1.29 is 4.79 Å². The molecule has 0 saturated carbocycles. The minimum atomic E-state index is -0.332. The molecule has 2 aromatic heterocycles. The number of halogens is 1. The fraction of sp³-hybridized carbons (Fsp3) is 0.120. The van der Waals surface area contributed by atoms with Crippen LogP contribution in [0.1, 0.15) is 22.5 Å². The van der Waals surface area contributed by atoms with Gasteiger partial charge in [-0.25, -0.2) is 4.98 Å². The van der Waals surface area contributed by atoms with Crippen LogP contribution < -0.4 is 22.1 Å². The summed E-state index contributed by atoms with van der Waals surface area (Å²) < 4.78 is 0.978. The molecule has 1 amide bonds. The summed E-state index contributed by atoms with van der Waals surface area (Å²) in [6.07, 6.45) is 4.57. The van der Waals surface area contributed by atoms with Gasteiger partial charge >= 0.3 is 0 Å². The molecular formula is C25H26BrN7O. The molecule has 3 rings (SSSR count). The topological polar surface area (TPSA) is 131 Å². The first kappa shape index (κ1) is 24.7. The summed E-state index contributed by atoms with van der Waals surface area (Å²) in [5.41, 5.74) is 15.9. The van der Waals surface area contributed by atoms with Crippen molar-refractivity contribution in [3.05, 3.63) is 100 Å². The van der Waals surface area contributed by atoms with Gasteiger partial charge in [0, 0.05) is 41.3 Å². The Kier molecular flexibility index (Phi) is 8.53. The van der Waals surface area contributed by atoms with Crippen molar-refractivity contribution in [1.82, 2.24) is 15.3 Å². The van der Waals surface area contributed by atoms with Gasteiger partial charge in [-0.05, 0) is 48.9 Å². The van der Waals surface area contributed by atoms with Gasteiger partial charge in [-0.3, -0.25) is 14.8 Å². The summed E-state index contributed by atoms with van der Waals surface area (Å²) >= 11 is 3.47. The van der Waals surface area contributed by atoms with Crippen LogP contribution in [0.4, 0.5) is 5.82 Å². The Bertz CT molecular complexity index is 1270.